The van der Waals surface area contributed by atoms with E-state index in [1.54, 1.807) is 7.11 Å². The molecule has 0 fully saturated rings. The van der Waals surface area contributed by atoms with Gasteiger partial charge in [0.25, 0.3) is 0 Å². The molecular weight excluding hydrogens is 250 g/mol. The van der Waals surface area contributed by atoms with Crippen LogP contribution in [-0.2, 0) is 6.54 Å². The summed E-state index contributed by atoms with van der Waals surface area (Å²) in [5, 5.41) is 3.38. The smallest absolute Gasteiger partial charge is 0.120 e. The first-order valence-electron chi connectivity index (χ1n) is 6.81. The highest BCUT2D eigenvalue weighted by atomic mass is 16.5. The molecule has 2 aromatic carbocycles. The van der Waals surface area contributed by atoms with Crippen LogP contribution in [0.25, 0.3) is 0 Å². The van der Waals surface area contributed by atoms with Crippen LogP contribution < -0.4 is 14.8 Å². The van der Waals surface area contributed by atoms with Crippen molar-refractivity contribution in [2.75, 3.05) is 12.4 Å². The van der Waals surface area contributed by atoms with Crippen molar-refractivity contribution in [1.82, 2.24) is 0 Å². The van der Waals surface area contributed by atoms with Crippen molar-refractivity contribution in [1.29, 1.82) is 0 Å². The van der Waals surface area contributed by atoms with Crippen molar-refractivity contribution in [3.8, 4) is 11.5 Å². The zero-order valence-electron chi connectivity index (χ0n) is 12.2. The van der Waals surface area contributed by atoms with E-state index in [1.807, 2.05) is 50.2 Å². The van der Waals surface area contributed by atoms with Crippen LogP contribution in [-0.4, -0.2) is 13.2 Å². The van der Waals surface area contributed by atoms with Crippen LogP contribution in [0, 0.1) is 0 Å². The van der Waals surface area contributed by atoms with Gasteiger partial charge in [0.15, 0.2) is 0 Å². The fourth-order valence-electron chi connectivity index (χ4n) is 1.94. The number of hydrogen-bond donors (Lipinski definition) is 1. The van der Waals surface area contributed by atoms with Crippen molar-refractivity contribution in [3.05, 3.63) is 54.1 Å². The molecule has 0 saturated heterocycles. The molecule has 106 valence electrons. The summed E-state index contributed by atoms with van der Waals surface area (Å²) in [4.78, 5) is 0. The number of methoxy groups -OCH3 is 1. The quantitative estimate of drug-likeness (QED) is 0.858. The molecule has 0 aliphatic carbocycles. The highest BCUT2D eigenvalue weighted by Gasteiger charge is 2.00. The molecule has 0 aliphatic rings. The third-order valence-electron chi connectivity index (χ3n) is 2.84. The molecule has 2 rings (SSSR count). The molecule has 0 saturated carbocycles. The summed E-state index contributed by atoms with van der Waals surface area (Å²) in [7, 11) is 1.67. The summed E-state index contributed by atoms with van der Waals surface area (Å²) in [6.45, 7) is 4.81. The maximum atomic E-state index is 5.70. The number of ether oxygens (including phenoxy) is 2. The molecule has 0 amide bonds. The Labute approximate surface area is 120 Å². The van der Waals surface area contributed by atoms with Gasteiger partial charge in [-0.15, -0.1) is 0 Å². The van der Waals surface area contributed by atoms with Gasteiger partial charge in [0, 0.05) is 18.3 Å². The van der Waals surface area contributed by atoms with Gasteiger partial charge in [-0.3, -0.25) is 0 Å². The van der Waals surface area contributed by atoms with E-state index >= 15 is 0 Å². The molecule has 0 heterocycles. The molecule has 3 heteroatoms. The standard InChI is InChI=1S/C17H21NO2/c1-13(2)20-17-9-4-6-14(10-17)12-18-15-7-5-8-16(11-15)19-3/h4-11,13,18H,12H2,1-3H3. The normalized spacial score (nSPS) is 10.4. The molecular formula is C17H21NO2. The molecule has 0 aromatic heterocycles. The number of nitrogens with one attached hydrogen (secondary N) is 1. The van der Waals surface area contributed by atoms with E-state index in [0.717, 1.165) is 23.7 Å². The van der Waals surface area contributed by atoms with Gasteiger partial charge in [0.2, 0.25) is 0 Å². The fraction of sp³-hybridized carbons (Fsp3) is 0.294. The van der Waals surface area contributed by atoms with E-state index in [2.05, 4.69) is 17.4 Å². The van der Waals surface area contributed by atoms with Gasteiger partial charge in [-0.05, 0) is 43.7 Å². The third kappa shape index (κ3) is 4.19. The second-order valence-corrected chi connectivity index (χ2v) is 4.90. The zero-order chi connectivity index (χ0) is 14.4. The van der Waals surface area contributed by atoms with Crippen LogP contribution in [0.15, 0.2) is 48.5 Å². The Kier molecular flexibility index (Phi) is 4.88. The first kappa shape index (κ1) is 14.3. The Morgan fingerprint density at radius 3 is 2.50 bits per heavy atom. The summed E-state index contributed by atoms with van der Waals surface area (Å²) in [5.74, 6) is 1.76. The molecule has 2 aromatic rings. The Bertz CT molecular complexity index is 552. The Morgan fingerprint density at radius 2 is 1.75 bits per heavy atom. The molecule has 20 heavy (non-hydrogen) atoms. The lowest BCUT2D eigenvalue weighted by Gasteiger charge is -2.12. The van der Waals surface area contributed by atoms with E-state index in [9.17, 15) is 0 Å². The predicted molar refractivity (Wildman–Crippen MR) is 82.5 cm³/mol. The van der Waals surface area contributed by atoms with Crippen LogP contribution in [0.2, 0.25) is 0 Å². The van der Waals surface area contributed by atoms with Crippen LogP contribution in [0.3, 0.4) is 0 Å². The lowest BCUT2D eigenvalue weighted by atomic mass is 10.2. The summed E-state index contributed by atoms with van der Waals surface area (Å²) in [6, 6.07) is 16.1. The maximum absolute atomic E-state index is 5.70. The highest BCUT2D eigenvalue weighted by molar-refractivity contribution is 5.48. The molecule has 1 N–H and O–H groups in total. The van der Waals surface area contributed by atoms with Gasteiger partial charge in [-0.1, -0.05) is 18.2 Å². The summed E-state index contributed by atoms with van der Waals surface area (Å²) < 4.78 is 10.9. The monoisotopic (exact) mass is 271 g/mol. The minimum absolute atomic E-state index is 0.191. The Balaban J connectivity index is 1.99. The average molecular weight is 271 g/mol. The van der Waals surface area contributed by atoms with Crippen molar-refractivity contribution in [3.63, 3.8) is 0 Å². The summed E-state index contributed by atoms with van der Waals surface area (Å²) >= 11 is 0. The lowest BCUT2D eigenvalue weighted by Crippen LogP contribution is -2.06. The molecule has 3 nitrogen and oxygen atoms in total. The zero-order valence-corrected chi connectivity index (χ0v) is 12.2. The van der Waals surface area contributed by atoms with Crippen molar-refractivity contribution >= 4 is 5.69 Å². The minimum atomic E-state index is 0.191. The first-order valence-corrected chi connectivity index (χ1v) is 6.81. The number of rotatable bonds is 6. The second-order valence-electron chi connectivity index (χ2n) is 4.90. The highest BCUT2D eigenvalue weighted by Crippen LogP contribution is 2.19. The topological polar surface area (TPSA) is 30.5 Å². The Morgan fingerprint density at radius 1 is 1.00 bits per heavy atom. The molecule has 0 spiro atoms. The van der Waals surface area contributed by atoms with Crippen molar-refractivity contribution < 1.29 is 9.47 Å². The molecule has 0 atom stereocenters. The number of benzene rings is 2. The van der Waals surface area contributed by atoms with Crippen LogP contribution in [0.5, 0.6) is 11.5 Å². The van der Waals surface area contributed by atoms with E-state index in [1.165, 1.54) is 5.56 Å². The lowest BCUT2D eigenvalue weighted by molar-refractivity contribution is 0.242. The van der Waals surface area contributed by atoms with Gasteiger partial charge >= 0.3 is 0 Å². The summed E-state index contributed by atoms with van der Waals surface area (Å²) in [6.07, 6.45) is 0.191. The SMILES string of the molecule is COc1cccc(NCc2cccc(OC(C)C)c2)c1. The minimum Gasteiger partial charge on any atom is -0.497 e. The molecule has 0 bridgehead atoms. The van der Waals surface area contributed by atoms with Crippen LogP contribution in [0.4, 0.5) is 5.69 Å². The van der Waals surface area contributed by atoms with Gasteiger partial charge in [-0.25, -0.2) is 0 Å². The van der Waals surface area contributed by atoms with E-state index < -0.39 is 0 Å². The van der Waals surface area contributed by atoms with Gasteiger partial charge in [0.1, 0.15) is 11.5 Å². The molecule has 0 unspecified atom stereocenters. The van der Waals surface area contributed by atoms with E-state index in [-0.39, 0.29) is 6.10 Å². The van der Waals surface area contributed by atoms with Crippen LogP contribution >= 0.6 is 0 Å². The fourth-order valence-corrected chi connectivity index (χ4v) is 1.94. The van der Waals surface area contributed by atoms with Gasteiger partial charge in [0.05, 0.1) is 13.2 Å². The van der Waals surface area contributed by atoms with Gasteiger partial charge < -0.3 is 14.8 Å². The first-order chi connectivity index (χ1) is 9.67. The average Bonchev–Trinajstić information content (AvgIpc) is 2.45. The van der Waals surface area contributed by atoms with E-state index in [0.29, 0.717) is 0 Å². The predicted octanol–water partition coefficient (Wildman–Crippen LogP) is 4.09. The van der Waals surface area contributed by atoms with Gasteiger partial charge in [-0.2, -0.15) is 0 Å². The Hall–Kier alpha value is -2.16. The third-order valence-corrected chi connectivity index (χ3v) is 2.84. The molecule has 0 aliphatic heterocycles. The summed E-state index contributed by atoms with van der Waals surface area (Å²) in [5.41, 5.74) is 2.23. The molecule has 0 radical (unpaired) electrons. The van der Waals surface area contributed by atoms with E-state index in [4.69, 9.17) is 9.47 Å². The van der Waals surface area contributed by atoms with Crippen molar-refractivity contribution in [2.24, 2.45) is 0 Å². The largest absolute Gasteiger partial charge is 0.497 e. The van der Waals surface area contributed by atoms with Crippen LogP contribution in [0.1, 0.15) is 19.4 Å². The number of hydrogen-bond acceptors (Lipinski definition) is 3. The maximum Gasteiger partial charge on any atom is 0.120 e. The second kappa shape index (κ2) is 6.85. The van der Waals surface area contributed by atoms with Crippen molar-refractivity contribution in [2.45, 2.75) is 26.5 Å². The number of anilines is 1.